The Morgan fingerprint density at radius 1 is 1.26 bits per heavy atom. The molecule has 1 heterocycles. The van der Waals surface area contributed by atoms with Gasteiger partial charge in [0.05, 0.1) is 5.69 Å². The van der Waals surface area contributed by atoms with E-state index in [1.54, 1.807) is 41.2 Å². The number of benzene rings is 1. The molecule has 0 bridgehead atoms. The van der Waals surface area contributed by atoms with E-state index in [1.165, 1.54) is 0 Å². The maximum atomic E-state index is 11.5. The summed E-state index contributed by atoms with van der Waals surface area (Å²) in [5, 5.41) is 13.7. The van der Waals surface area contributed by atoms with Gasteiger partial charge >= 0.3 is 6.09 Å². The largest absolute Gasteiger partial charge is 0.464 e. The van der Waals surface area contributed by atoms with Crippen LogP contribution in [-0.2, 0) is 11.5 Å². The fourth-order valence-electron chi connectivity index (χ4n) is 2.00. The highest BCUT2D eigenvalue weighted by Gasteiger charge is 2.19. The van der Waals surface area contributed by atoms with Crippen LogP contribution in [0.15, 0.2) is 42.6 Å². The molecular formula is C16H23N3O3Si. The van der Waals surface area contributed by atoms with Gasteiger partial charge in [-0.15, -0.1) is 0 Å². The molecule has 23 heavy (non-hydrogen) atoms. The highest BCUT2D eigenvalue weighted by atomic mass is 28.3. The molecule has 0 unspecified atom stereocenters. The van der Waals surface area contributed by atoms with E-state index in [9.17, 15) is 9.90 Å². The van der Waals surface area contributed by atoms with Gasteiger partial charge in [0.15, 0.2) is 5.82 Å². The van der Waals surface area contributed by atoms with Crippen LogP contribution in [0.3, 0.4) is 0 Å². The zero-order valence-electron chi connectivity index (χ0n) is 13.8. The van der Waals surface area contributed by atoms with Crippen molar-refractivity contribution in [2.24, 2.45) is 0 Å². The van der Waals surface area contributed by atoms with Crippen molar-refractivity contribution < 1.29 is 14.6 Å². The lowest BCUT2D eigenvalue weighted by Crippen LogP contribution is -2.24. The van der Waals surface area contributed by atoms with Crippen molar-refractivity contribution in [3.8, 4) is 0 Å². The van der Waals surface area contributed by atoms with Crippen LogP contribution in [0.1, 0.15) is 0 Å². The predicted octanol–water partition coefficient (Wildman–Crippen LogP) is 4.01. The summed E-state index contributed by atoms with van der Waals surface area (Å²) in [6, 6.07) is 11.7. The first kappa shape index (κ1) is 17.2. The lowest BCUT2D eigenvalue weighted by Gasteiger charge is -2.16. The Bertz CT molecular complexity index is 638. The number of anilines is 2. The number of nitrogens with zero attached hydrogens (tertiary/aromatic N) is 3. The van der Waals surface area contributed by atoms with E-state index in [-0.39, 0.29) is 0 Å². The van der Waals surface area contributed by atoms with Crippen molar-refractivity contribution in [1.29, 1.82) is 0 Å². The van der Waals surface area contributed by atoms with Gasteiger partial charge in [0.1, 0.15) is 6.73 Å². The Kier molecular flexibility index (Phi) is 5.57. The van der Waals surface area contributed by atoms with Gasteiger partial charge in [-0.3, -0.25) is 0 Å². The van der Waals surface area contributed by atoms with Crippen molar-refractivity contribution >= 4 is 25.7 Å². The molecule has 0 aliphatic heterocycles. The van der Waals surface area contributed by atoms with E-state index in [2.05, 4.69) is 24.7 Å². The second-order valence-electron chi connectivity index (χ2n) is 6.51. The summed E-state index contributed by atoms with van der Waals surface area (Å²) in [5.74, 6) is 0.359. The molecular weight excluding hydrogens is 310 g/mol. The second-order valence-corrected chi connectivity index (χ2v) is 12.1. The minimum Gasteiger partial charge on any atom is -0.464 e. The van der Waals surface area contributed by atoms with E-state index < -0.39 is 14.2 Å². The molecule has 0 spiro atoms. The number of rotatable bonds is 7. The summed E-state index contributed by atoms with van der Waals surface area (Å²) in [6.07, 6.45) is 0.657. The summed E-state index contributed by atoms with van der Waals surface area (Å²) >= 11 is 0. The average molecular weight is 333 g/mol. The summed E-state index contributed by atoms with van der Waals surface area (Å²) in [6.45, 7) is 7.92. The number of hydrogen-bond donors (Lipinski definition) is 1. The van der Waals surface area contributed by atoms with E-state index >= 15 is 0 Å². The molecule has 1 amide bonds. The highest BCUT2D eigenvalue weighted by molar-refractivity contribution is 6.76. The van der Waals surface area contributed by atoms with Gasteiger partial charge in [0.2, 0.25) is 0 Å². The maximum Gasteiger partial charge on any atom is 0.417 e. The van der Waals surface area contributed by atoms with Crippen molar-refractivity contribution in [3.63, 3.8) is 0 Å². The third kappa shape index (κ3) is 5.22. The van der Waals surface area contributed by atoms with Crippen LogP contribution in [0, 0.1) is 0 Å². The summed E-state index contributed by atoms with van der Waals surface area (Å²) in [7, 11) is -1.11. The molecule has 1 N–H and O–H groups in total. The van der Waals surface area contributed by atoms with Crippen molar-refractivity contribution in [3.05, 3.63) is 42.6 Å². The number of hydrogen-bond acceptors (Lipinski definition) is 3. The Morgan fingerprint density at radius 2 is 1.96 bits per heavy atom. The first-order valence-corrected chi connectivity index (χ1v) is 11.3. The molecule has 0 aliphatic rings. The van der Waals surface area contributed by atoms with Crippen LogP contribution in [0.4, 0.5) is 16.3 Å². The smallest absolute Gasteiger partial charge is 0.417 e. The molecule has 7 heteroatoms. The number of carbonyl (C=O) groups is 1. The third-order valence-electron chi connectivity index (χ3n) is 3.28. The van der Waals surface area contributed by atoms with Crippen LogP contribution < -0.4 is 4.90 Å². The summed E-state index contributed by atoms with van der Waals surface area (Å²) < 4.78 is 7.23. The Morgan fingerprint density at radius 3 is 2.57 bits per heavy atom. The quantitative estimate of drug-likeness (QED) is 0.614. The molecule has 0 radical (unpaired) electrons. The van der Waals surface area contributed by atoms with Crippen LogP contribution in [0.2, 0.25) is 25.7 Å². The number of aromatic nitrogens is 2. The average Bonchev–Trinajstić information content (AvgIpc) is 2.92. The monoisotopic (exact) mass is 333 g/mol. The predicted molar refractivity (Wildman–Crippen MR) is 92.9 cm³/mol. The van der Waals surface area contributed by atoms with Crippen LogP contribution in [-0.4, -0.2) is 35.7 Å². The first-order chi connectivity index (χ1) is 10.9. The minimum atomic E-state index is -1.11. The van der Waals surface area contributed by atoms with E-state index in [0.717, 1.165) is 10.9 Å². The fourth-order valence-corrected chi connectivity index (χ4v) is 2.75. The van der Waals surface area contributed by atoms with E-state index in [1.807, 2.05) is 6.07 Å². The first-order valence-electron chi connectivity index (χ1n) is 7.56. The Balaban J connectivity index is 2.01. The van der Waals surface area contributed by atoms with Gasteiger partial charge in [-0.1, -0.05) is 37.8 Å². The van der Waals surface area contributed by atoms with Crippen molar-refractivity contribution in [2.75, 3.05) is 11.5 Å². The zero-order chi connectivity index (χ0) is 16.9. The van der Waals surface area contributed by atoms with Crippen LogP contribution >= 0.6 is 0 Å². The number of ether oxygens (including phenoxy) is 1. The number of para-hydroxylation sites is 1. The maximum absolute atomic E-state index is 11.5. The topological polar surface area (TPSA) is 67.6 Å². The highest BCUT2D eigenvalue weighted by Crippen LogP contribution is 2.23. The normalized spacial score (nSPS) is 11.4. The molecule has 124 valence electrons. The number of amides is 1. The fraction of sp³-hybridized carbons (Fsp3) is 0.375. The lowest BCUT2D eigenvalue weighted by atomic mass is 10.3. The molecule has 1 aromatic carbocycles. The van der Waals surface area contributed by atoms with Gasteiger partial charge < -0.3 is 9.84 Å². The lowest BCUT2D eigenvalue weighted by molar-refractivity contribution is 0.0787. The molecule has 1 aromatic heterocycles. The SMILES string of the molecule is C[Si](C)(C)CCOCn1ccc(N(C(=O)O)c2ccccc2)n1. The van der Waals surface area contributed by atoms with Crippen LogP contribution in [0.25, 0.3) is 0 Å². The standard InChI is InChI=1S/C16H23N3O3Si/c1-23(2,3)12-11-22-13-18-10-9-15(17-18)19(16(20)21)14-7-5-4-6-8-14/h4-10H,11-13H2,1-3H3,(H,20,21). The van der Waals surface area contributed by atoms with Crippen molar-refractivity contribution in [2.45, 2.75) is 32.4 Å². The zero-order valence-corrected chi connectivity index (χ0v) is 14.8. The number of carboxylic acid groups (broad SMARTS) is 1. The molecule has 0 fully saturated rings. The third-order valence-corrected chi connectivity index (χ3v) is 4.99. The van der Waals surface area contributed by atoms with E-state index in [4.69, 9.17) is 4.74 Å². The van der Waals surface area contributed by atoms with Crippen molar-refractivity contribution in [1.82, 2.24) is 9.78 Å². The molecule has 2 rings (SSSR count). The van der Waals surface area contributed by atoms with Gasteiger partial charge in [-0.25, -0.2) is 14.4 Å². The minimum absolute atomic E-state index is 0.326. The molecule has 0 saturated heterocycles. The molecule has 0 saturated carbocycles. The van der Waals surface area contributed by atoms with Gasteiger partial charge in [0, 0.05) is 26.9 Å². The molecule has 0 atom stereocenters. The van der Waals surface area contributed by atoms with E-state index in [0.29, 0.717) is 24.8 Å². The summed E-state index contributed by atoms with van der Waals surface area (Å²) in [5.41, 5.74) is 0.560. The Labute approximate surface area is 137 Å². The van der Waals surface area contributed by atoms with Gasteiger partial charge in [-0.2, -0.15) is 5.10 Å². The Hall–Kier alpha value is -2.12. The van der Waals surface area contributed by atoms with Gasteiger partial charge in [0.25, 0.3) is 0 Å². The molecule has 0 aliphatic carbocycles. The molecule has 6 nitrogen and oxygen atoms in total. The second kappa shape index (κ2) is 7.43. The molecule has 2 aromatic rings. The van der Waals surface area contributed by atoms with Crippen LogP contribution in [0.5, 0.6) is 0 Å². The van der Waals surface area contributed by atoms with Gasteiger partial charge in [-0.05, 0) is 18.2 Å². The summed E-state index contributed by atoms with van der Waals surface area (Å²) in [4.78, 5) is 12.7.